The Morgan fingerprint density at radius 1 is 1.71 bits per heavy atom. The first kappa shape index (κ1) is 6.37. The lowest BCUT2D eigenvalue weighted by molar-refractivity contribution is 0.991. The molecule has 1 rings (SSSR count). The standard InChI is InChI=1S/C4H5Br2Cl/c5-4(6)1-3(4)2-7/h3H,1-2H2/t3-/m1/s1. The summed E-state index contributed by atoms with van der Waals surface area (Å²) in [4.78, 5) is 0. The molecule has 7 heavy (non-hydrogen) atoms. The Morgan fingerprint density at radius 3 is 2.14 bits per heavy atom. The lowest BCUT2D eigenvalue weighted by Gasteiger charge is -1.89. The van der Waals surface area contributed by atoms with Crippen molar-refractivity contribution < 1.29 is 0 Å². The molecule has 1 saturated carbocycles. The molecule has 0 aromatic heterocycles. The van der Waals surface area contributed by atoms with E-state index in [1.807, 2.05) is 0 Å². The van der Waals surface area contributed by atoms with Crippen molar-refractivity contribution in [1.29, 1.82) is 0 Å². The van der Waals surface area contributed by atoms with Crippen LogP contribution in [0.4, 0.5) is 0 Å². The van der Waals surface area contributed by atoms with Crippen LogP contribution in [-0.4, -0.2) is 9.11 Å². The molecule has 0 unspecified atom stereocenters. The summed E-state index contributed by atoms with van der Waals surface area (Å²) in [6, 6.07) is 0. The Balaban J connectivity index is 2.30. The van der Waals surface area contributed by atoms with E-state index in [0.29, 0.717) is 5.92 Å². The maximum Gasteiger partial charge on any atom is 0.0849 e. The van der Waals surface area contributed by atoms with E-state index < -0.39 is 0 Å². The highest BCUT2D eigenvalue weighted by Gasteiger charge is 2.49. The van der Waals surface area contributed by atoms with Gasteiger partial charge in [0.15, 0.2) is 0 Å². The highest BCUT2D eigenvalue weighted by molar-refractivity contribution is 9.25. The SMILES string of the molecule is ClC[C@H]1CC1(Br)Br. The van der Waals surface area contributed by atoms with E-state index in [0.717, 1.165) is 12.3 Å². The van der Waals surface area contributed by atoms with Gasteiger partial charge in [-0.3, -0.25) is 0 Å². The summed E-state index contributed by atoms with van der Waals surface area (Å²) in [5.74, 6) is 1.41. The van der Waals surface area contributed by atoms with Crippen LogP contribution in [0.1, 0.15) is 6.42 Å². The van der Waals surface area contributed by atoms with Crippen molar-refractivity contribution in [2.45, 2.75) is 9.65 Å². The quantitative estimate of drug-likeness (QED) is 0.626. The van der Waals surface area contributed by atoms with Crippen molar-refractivity contribution in [1.82, 2.24) is 0 Å². The molecule has 1 fully saturated rings. The minimum Gasteiger partial charge on any atom is -0.126 e. The summed E-state index contributed by atoms with van der Waals surface area (Å²) in [7, 11) is 0. The van der Waals surface area contributed by atoms with Gasteiger partial charge in [0.05, 0.1) is 3.23 Å². The van der Waals surface area contributed by atoms with Gasteiger partial charge in [0.2, 0.25) is 0 Å². The molecule has 0 N–H and O–H groups in total. The van der Waals surface area contributed by atoms with Gasteiger partial charge < -0.3 is 0 Å². The maximum absolute atomic E-state index is 5.52. The van der Waals surface area contributed by atoms with Crippen LogP contribution >= 0.6 is 43.5 Å². The fourth-order valence-corrected chi connectivity index (χ4v) is 2.29. The van der Waals surface area contributed by atoms with E-state index >= 15 is 0 Å². The highest BCUT2D eigenvalue weighted by atomic mass is 79.9. The largest absolute Gasteiger partial charge is 0.126 e. The lowest BCUT2D eigenvalue weighted by Crippen LogP contribution is -1.87. The number of halogens is 3. The van der Waals surface area contributed by atoms with Gasteiger partial charge in [-0.25, -0.2) is 0 Å². The summed E-state index contributed by atoms with van der Waals surface area (Å²) >= 11 is 12.4. The van der Waals surface area contributed by atoms with Crippen molar-refractivity contribution in [2.75, 3.05) is 5.88 Å². The van der Waals surface area contributed by atoms with E-state index in [-0.39, 0.29) is 3.23 Å². The summed E-state index contributed by atoms with van der Waals surface area (Å²) in [6.45, 7) is 0. The monoisotopic (exact) mass is 246 g/mol. The molecule has 0 saturated heterocycles. The van der Waals surface area contributed by atoms with E-state index in [1.165, 1.54) is 0 Å². The third-order valence-corrected chi connectivity index (χ3v) is 3.46. The molecule has 0 spiro atoms. The normalized spacial score (nSPS) is 35.6. The Labute approximate surface area is 64.9 Å². The zero-order valence-electron chi connectivity index (χ0n) is 3.63. The molecule has 0 aromatic rings. The van der Waals surface area contributed by atoms with Gasteiger partial charge in [-0.1, -0.05) is 31.9 Å². The lowest BCUT2D eigenvalue weighted by atomic mass is 10.5. The Kier molecular flexibility index (Phi) is 1.72. The second kappa shape index (κ2) is 1.89. The van der Waals surface area contributed by atoms with Crippen molar-refractivity contribution >= 4 is 43.5 Å². The molecule has 0 amide bonds. The first-order valence-electron chi connectivity index (χ1n) is 2.10. The molecule has 0 nitrogen and oxygen atoms in total. The van der Waals surface area contributed by atoms with Gasteiger partial charge in [0, 0.05) is 5.88 Å². The van der Waals surface area contributed by atoms with Crippen molar-refractivity contribution in [3.05, 3.63) is 0 Å². The van der Waals surface area contributed by atoms with Gasteiger partial charge in [0.1, 0.15) is 0 Å². The second-order valence-electron chi connectivity index (χ2n) is 1.82. The molecule has 0 radical (unpaired) electrons. The first-order chi connectivity index (χ1) is 3.17. The topological polar surface area (TPSA) is 0 Å². The predicted molar refractivity (Wildman–Crippen MR) is 39.4 cm³/mol. The molecule has 0 bridgehead atoms. The highest BCUT2D eigenvalue weighted by Crippen LogP contribution is 2.56. The zero-order chi connectivity index (χ0) is 5.49. The van der Waals surface area contributed by atoms with E-state index in [9.17, 15) is 0 Å². The van der Waals surface area contributed by atoms with Crippen molar-refractivity contribution in [3.8, 4) is 0 Å². The van der Waals surface area contributed by atoms with Crippen LogP contribution in [0.2, 0.25) is 0 Å². The molecule has 0 aromatic carbocycles. The van der Waals surface area contributed by atoms with Crippen LogP contribution in [0.15, 0.2) is 0 Å². The molecular formula is C4H5Br2Cl. The second-order valence-corrected chi connectivity index (χ2v) is 6.02. The third-order valence-electron chi connectivity index (χ3n) is 1.14. The summed E-state index contributed by atoms with van der Waals surface area (Å²) in [6.07, 6.45) is 1.16. The van der Waals surface area contributed by atoms with Gasteiger partial charge in [0.25, 0.3) is 0 Å². The van der Waals surface area contributed by atoms with E-state index in [1.54, 1.807) is 0 Å². The van der Waals surface area contributed by atoms with Crippen LogP contribution in [0.25, 0.3) is 0 Å². The average Bonchev–Trinajstić information content (AvgIpc) is 2.13. The summed E-state index contributed by atoms with van der Waals surface area (Å²) in [5, 5.41) is 0. The molecule has 1 aliphatic rings. The van der Waals surface area contributed by atoms with Gasteiger partial charge in [-0.05, 0) is 12.3 Å². The van der Waals surface area contributed by atoms with Crippen LogP contribution < -0.4 is 0 Å². The van der Waals surface area contributed by atoms with E-state index in [4.69, 9.17) is 11.6 Å². The predicted octanol–water partition coefficient (Wildman–Crippen LogP) is 2.73. The fourth-order valence-electron chi connectivity index (χ4n) is 0.437. The molecule has 42 valence electrons. The molecular weight excluding hydrogens is 243 g/mol. The Bertz CT molecular complexity index is 81.8. The Hall–Kier alpha value is 1.25. The number of hydrogen-bond donors (Lipinski definition) is 0. The molecule has 0 aliphatic heterocycles. The summed E-state index contributed by atoms with van der Waals surface area (Å²) in [5.41, 5.74) is 0. The van der Waals surface area contributed by atoms with Gasteiger partial charge >= 0.3 is 0 Å². The maximum atomic E-state index is 5.52. The van der Waals surface area contributed by atoms with Crippen LogP contribution in [0, 0.1) is 5.92 Å². The minimum atomic E-state index is 0.210. The first-order valence-corrected chi connectivity index (χ1v) is 4.22. The third kappa shape index (κ3) is 1.33. The van der Waals surface area contributed by atoms with Gasteiger partial charge in [-0.15, -0.1) is 11.6 Å². The minimum absolute atomic E-state index is 0.210. The number of alkyl halides is 3. The van der Waals surface area contributed by atoms with E-state index in [2.05, 4.69) is 31.9 Å². The zero-order valence-corrected chi connectivity index (χ0v) is 7.55. The summed E-state index contributed by atoms with van der Waals surface area (Å²) < 4.78 is 0.210. The smallest absolute Gasteiger partial charge is 0.0849 e. The Morgan fingerprint density at radius 2 is 2.14 bits per heavy atom. The average molecular weight is 248 g/mol. The van der Waals surface area contributed by atoms with Crippen LogP contribution in [0.3, 0.4) is 0 Å². The number of hydrogen-bond acceptors (Lipinski definition) is 0. The van der Waals surface area contributed by atoms with Crippen molar-refractivity contribution in [2.24, 2.45) is 5.92 Å². The van der Waals surface area contributed by atoms with Crippen LogP contribution in [-0.2, 0) is 0 Å². The van der Waals surface area contributed by atoms with Crippen LogP contribution in [0.5, 0.6) is 0 Å². The molecule has 3 heteroatoms. The van der Waals surface area contributed by atoms with Crippen molar-refractivity contribution in [3.63, 3.8) is 0 Å². The number of rotatable bonds is 1. The van der Waals surface area contributed by atoms with Gasteiger partial charge in [-0.2, -0.15) is 0 Å². The molecule has 0 heterocycles. The molecule has 1 aliphatic carbocycles. The fraction of sp³-hybridized carbons (Fsp3) is 1.00. The molecule has 1 atom stereocenters.